The molecule has 16 heteroatoms. The van der Waals surface area contributed by atoms with Crippen molar-refractivity contribution in [2.24, 2.45) is 5.16 Å². The molecule has 3 aromatic rings. The van der Waals surface area contributed by atoms with E-state index in [2.05, 4.69) is 15.5 Å². The second-order valence-electron chi connectivity index (χ2n) is 10.0. The van der Waals surface area contributed by atoms with Crippen LogP contribution in [0.1, 0.15) is 32.0 Å². The molecule has 2 amide bonds. The minimum Gasteiger partial charge on any atom is -0.543 e. The summed E-state index contributed by atoms with van der Waals surface area (Å²) in [7, 11) is 0. The summed E-state index contributed by atoms with van der Waals surface area (Å²) in [6.45, 7) is 4.65. The maximum absolute atomic E-state index is 13.3. The fourth-order valence-corrected chi connectivity index (χ4v) is 6.35. The molecule has 1 unspecified atom stereocenters. The third-order valence-corrected chi connectivity index (χ3v) is 8.77. The van der Waals surface area contributed by atoms with E-state index in [-0.39, 0.29) is 28.8 Å². The predicted molar refractivity (Wildman–Crippen MR) is 149 cm³/mol. The number of amides is 2. The maximum Gasteiger partial charge on any atom is 0.380 e. The number of nitrogens with one attached hydrogen (secondary N) is 1. The van der Waals surface area contributed by atoms with Gasteiger partial charge in [0.2, 0.25) is 5.60 Å². The summed E-state index contributed by atoms with van der Waals surface area (Å²) in [6.07, 6.45) is 4.19. The van der Waals surface area contributed by atoms with Crippen LogP contribution >= 0.6 is 23.1 Å². The summed E-state index contributed by atoms with van der Waals surface area (Å²) in [6, 6.07) is 2.72. The van der Waals surface area contributed by atoms with Gasteiger partial charge in [0, 0.05) is 22.3 Å². The number of nitrogen functional groups attached to an aromatic ring is 1. The first-order valence-electron chi connectivity index (χ1n) is 12.7. The molecule has 2 aliphatic heterocycles. The second-order valence-corrected chi connectivity index (χ2v) is 12.0. The molecule has 3 aromatic heterocycles. The fraction of sp³-hybridized carbons (Fsp3) is 0.346. The number of carboxylic acids is 2. The lowest BCUT2D eigenvalue weighted by Crippen LogP contribution is -2.71. The summed E-state index contributed by atoms with van der Waals surface area (Å²) >= 11 is 2.30. The van der Waals surface area contributed by atoms with Crippen molar-refractivity contribution in [1.82, 2.24) is 15.2 Å². The SMILES string of the molecule is CCc1cc2ccoc2[n+](CC2=C(C(=O)[O-])N3C(=O)C(NC(=O)C(=NOC(C)(C)C(=O)O)c4csc(N)n4)[C@@H]3SC2)c1. The highest BCUT2D eigenvalue weighted by Gasteiger charge is 2.53. The van der Waals surface area contributed by atoms with E-state index in [9.17, 15) is 29.4 Å². The van der Waals surface area contributed by atoms with Crippen molar-refractivity contribution in [1.29, 1.82) is 0 Å². The Labute approximate surface area is 246 Å². The van der Waals surface area contributed by atoms with E-state index in [4.69, 9.17) is 15.0 Å². The molecule has 5 rings (SSSR count). The molecule has 2 aliphatic rings. The molecular formula is C26H26N6O8S2. The molecule has 0 aliphatic carbocycles. The van der Waals surface area contributed by atoms with E-state index < -0.39 is 46.5 Å². The number of oxime groups is 1. The van der Waals surface area contributed by atoms with Crippen LogP contribution in [0, 0.1) is 0 Å². The van der Waals surface area contributed by atoms with Crippen LogP contribution in [-0.4, -0.2) is 67.2 Å². The number of carboxylic acid groups (broad SMARTS) is 2. The summed E-state index contributed by atoms with van der Waals surface area (Å²) in [5.74, 6) is -4.12. The van der Waals surface area contributed by atoms with Gasteiger partial charge in [0.05, 0.1) is 23.3 Å². The molecule has 4 N–H and O–H groups in total. The molecule has 0 aromatic carbocycles. The van der Waals surface area contributed by atoms with Gasteiger partial charge in [0.1, 0.15) is 17.1 Å². The summed E-state index contributed by atoms with van der Waals surface area (Å²) < 4.78 is 7.42. The summed E-state index contributed by atoms with van der Waals surface area (Å²) in [5.41, 5.74) is 5.34. The van der Waals surface area contributed by atoms with Crippen molar-refractivity contribution >= 4 is 68.8 Å². The number of hydrogen-bond acceptors (Lipinski definition) is 12. The zero-order valence-electron chi connectivity index (χ0n) is 22.7. The van der Waals surface area contributed by atoms with Crippen molar-refractivity contribution in [3.63, 3.8) is 0 Å². The molecule has 1 fully saturated rings. The lowest BCUT2D eigenvalue weighted by Gasteiger charge is -2.50. The van der Waals surface area contributed by atoms with Gasteiger partial charge in [0.15, 0.2) is 23.6 Å². The number of β-lactam (4-membered cyclic amide) rings is 1. The average Bonchev–Trinajstić information content (AvgIpc) is 3.60. The first kappa shape index (κ1) is 29.1. The third-order valence-electron chi connectivity index (χ3n) is 6.75. The number of fused-ring (bicyclic) bond motifs is 2. The van der Waals surface area contributed by atoms with Gasteiger partial charge in [-0.3, -0.25) is 14.5 Å². The Bertz CT molecular complexity index is 1680. The maximum atomic E-state index is 13.3. The number of anilines is 1. The first-order valence-corrected chi connectivity index (χ1v) is 14.6. The number of carbonyl (C=O) groups excluding carboxylic acids is 3. The quantitative estimate of drug-likeness (QED) is 0.120. The predicted octanol–water partition coefficient (Wildman–Crippen LogP) is 0.00940. The number of aryl methyl sites for hydroxylation is 1. The molecule has 0 saturated carbocycles. The summed E-state index contributed by atoms with van der Waals surface area (Å²) in [5, 5.41) is 29.6. The van der Waals surface area contributed by atoms with Gasteiger partial charge in [-0.1, -0.05) is 12.1 Å². The highest BCUT2D eigenvalue weighted by Crippen LogP contribution is 2.40. The van der Waals surface area contributed by atoms with Gasteiger partial charge in [-0.05, 0) is 32.4 Å². The number of carbonyl (C=O) groups is 4. The number of pyridine rings is 1. The molecule has 5 heterocycles. The minimum atomic E-state index is -1.77. The van der Waals surface area contributed by atoms with Crippen molar-refractivity contribution in [2.75, 3.05) is 11.5 Å². The lowest BCUT2D eigenvalue weighted by atomic mass is 10.0. The van der Waals surface area contributed by atoms with E-state index in [1.807, 2.05) is 25.3 Å². The molecule has 14 nitrogen and oxygen atoms in total. The Kier molecular flexibility index (Phi) is 7.68. The van der Waals surface area contributed by atoms with Crippen LogP contribution in [0.4, 0.5) is 5.13 Å². The molecule has 42 heavy (non-hydrogen) atoms. The largest absolute Gasteiger partial charge is 0.543 e. The summed E-state index contributed by atoms with van der Waals surface area (Å²) in [4.78, 5) is 60.5. The Morgan fingerprint density at radius 1 is 1.40 bits per heavy atom. The molecule has 220 valence electrons. The van der Waals surface area contributed by atoms with Crippen molar-refractivity contribution in [2.45, 2.75) is 50.8 Å². The van der Waals surface area contributed by atoms with Crippen LogP contribution in [0.2, 0.25) is 0 Å². The Morgan fingerprint density at radius 2 is 2.17 bits per heavy atom. The Balaban J connectivity index is 1.39. The number of hydrogen-bond donors (Lipinski definition) is 3. The first-order chi connectivity index (χ1) is 19.9. The monoisotopic (exact) mass is 614 g/mol. The zero-order valence-corrected chi connectivity index (χ0v) is 24.3. The van der Waals surface area contributed by atoms with Crippen molar-refractivity contribution in [3.8, 4) is 0 Å². The van der Waals surface area contributed by atoms with E-state index >= 15 is 0 Å². The van der Waals surface area contributed by atoms with Crippen molar-refractivity contribution < 1.29 is 43.2 Å². The number of nitrogens with two attached hydrogens (primary N) is 1. The number of thiazole rings is 1. The number of nitrogens with zero attached hydrogens (tertiary/aromatic N) is 4. The van der Waals surface area contributed by atoms with Crippen LogP contribution in [-0.2, 0) is 37.0 Å². The molecule has 1 saturated heterocycles. The van der Waals surface area contributed by atoms with E-state index in [0.29, 0.717) is 11.3 Å². The van der Waals surface area contributed by atoms with Gasteiger partial charge in [-0.15, -0.1) is 23.1 Å². The Hall–Kier alpha value is -4.44. The molecule has 0 bridgehead atoms. The van der Waals surface area contributed by atoms with Gasteiger partial charge < -0.3 is 35.3 Å². The third kappa shape index (κ3) is 5.30. The molecule has 2 atom stereocenters. The fourth-order valence-electron chi connectivity index (χ4n) is 4.47. The highest BCUT2D eigenvalue weighted by molar-refractivity contribution is 8.00. The molecular weight excluding hydrogens is 588 g/mol. The topological polar surface area (TPSA) is 204 Å². The number of rotatable bonds is 10. The zero-order chi connectivity index (χ0) is 30.3. The molecule has 0 spiro atoms. The minimum absolute atomic E-state index is 0.0179. The van der Waals surface area contributed by atoms with Crippen LogP contribution in [0.15, 0.2) is 50.8 Å². The number of thioether (sulfide) groups is 1. The van der Waals surface area contributed by atoms with E-state index in [1.165, 1.54) is 31.0 Å². The highest BCUT2D eigenvalue weighted by atomic mass is 32.2. The van der Waals surface area contributed by atoms with Gasteiger partial charge in [0.25, 0.3) is 11.8 Å². The van der Waals surface area contributed by atoms with E-state index in [0.717, 1.165) is 33.6 Å². The number of furan rings is 1. The van der Waals surface area contributed by atoms with Gasteiger partial charge in [-0.2, -0.15) is 4.57 Å². The second kappa shape index (κ2) is 11.1. The van der Waals surface area contributed by atoms with Crippen LogP contribution in [0.3, 0.4) is 0 Å². The standard InChI is InChI=1S/C26H26N6O8S2/c1-4-12-7-13-5-6-39-21(13)31(8-12)9-14-10-41-22-17(20(34)32(22)18(14)23(35)36)29-19(33)16(15-11-42-25(27)28-15)30-40-26(2,3)24(37)38/h5-8,11,17,22H,4,9-10H2,1-3H3,(H4-,27,28,29,33,35,36,37,38)/t17?,22-/m0/s1. The number of aliphatic carboxylic acids is 2. The van der Waals surface area contributed by atoms with Crippen molar-refractivity contribution in [3.05, 3.63) is 52.5 Å². The number of aromatic nitrogens is 2. The molecule has 0 radical (unpaired) electrons. The normalized spacial score (nSPS) is 19.0. The lowest BCUT2D eigenvalue weighted by molar-refractivity contribution is -0.669. The van der Waals surface area contributed by atoms with Crippen LogP contribution < -0.4 is 20.7 Å². The van der Waals surface area contributed by atoms with Crippen LogP contribution in [0.25, 0.3) is 11.1 Å². The Morgan fingerprint density at radius 3 is 2.81 bits per heavy atom. The van der Waals surface area contributed by atoms with Crippen LogP contribution in [0.5, 0.6) is 0 Å². The van der Waals surface area contributed by atoms with Gasteiger partial charge in [-0.25, -0.2) is 9.78 Å². The van der Waals surface area contributed by atoms with E-state index in [1.54, 1.807) is 10.8 Å². The van der Waals surface area contributed by atoms with Gasteiger partial charge >= 0.3 is 11.7 Å². The average molecular weight is 615 g/mol. The smallest absolute Gasteiger partial charge is 0.380 e.